The van der Waals surface area contributed by atoms with E-state index in [1.165, 1.54) is 12.0 Å². The van der Waals surface area contributed by atoms with Gasteiger partial charge in [-0.25, -0.2) is 0 Å². The lowest BCUT2D eigenvalue weighted by Gasteiger charge is -2.20. The number of hydrogen-bond acceptors (Lipinski definition) is 3. The third-order valence-corrected chi connectivity index (χ3v) is 4.43. The first-order valence-electron chi connectivity index (χ1n) is 7.50. The van der Waals surface area contributed by atoms with Crippen LogP contribution in [0, 0.1) is 5.92 Å². The van der Waals surface area contributed by atoms with Crippen LogP contribution < -0.4 is 10.1 Å². The first-order valence-corrected chi connectivity index (χ1v) is 8.29. The molecule has 0 saturated heterocycles. The van der Waals surface area contributed by atoms with E-state index in [9.17, 15) is 5.11 Å². The summed E-state index contributed by atoms with van der Waals surface area (Å²) in [5, 5.41) is 13.0. The number of rotatable bonds is 7. The number of aliphatic hydroxyl groups is 1. The SMILES string of the molecule is CCCOc1ccc(Br)cc1CNC1CCCC1CO. The van der Waals surface area contributed by atoms with E-state index in [4.69, 9.17) is 4.74 Å². The highest BCUT2D eigenvalue weighted by Crippen LogP contribution is 2.27. The summed E-state index contributed by atoms with van der Waals surface area (Å²) in [7, 11) is 0. The van der Waals surface area contributed by atoms with E-state index in [1.807, 2.05) is 12.1 Å². The number of nitrogens with one attached hydrogen (secondary N) is 1. The van der Waals surface area contributed by atoms with Crippen molar-refractivity contribution in [1.82, 2.24) is 5.32 Å². The van der Waals surface area contributed by atoms with Gasteiger partial charge in [0.1, 0.15) is 5.75 Å². The number of hydrogen-bond donors (Lipinski definition) is 2. The van der Waals surface area contributed by atoms with E-state index in [0.717, 1.165) is 42.6 Å². The summed E-state index contributed by atoms with van der Waals surface area (Å²) in [6.07, 6.45) is 4.51. The Kier molecular flexibility index (Phi) is 6.33. The average molecular weight is 342 g/mol. The number of aliphatic hydroxyl groups excluding tert-OH is 1. The van der Waals surface area contributed by atoms with Gasteiger partial charge in [0.25, 0.3) is 0 Å². The molecule has 112 valence electrons. The van der Waals surface area contributed by atoms with E-state index in [2.05, 4.69) is 34.2 Å². The van der Waals surface area contributed by atoms with Gasteiger partial charge in [-0.1, -0.05) is 29.3 Å². The van der Waals surface area contributed by atoms with Crippen molar-refractivity contribution < 1.29 is 9.84 Å². The van der Waals surface area contributed by atoms with Crippen molar-refractivity contribution in [2.75, 3.05) is 13.2 Å². The lowest BCUT2D eigenvalue weighted by molar-refractivity contribution is 0.204. The third kappa shape index (κ3) is 4.21. The molecule has 1 aliphatic carbocycles. The van der Waals surface area contributed by atoms with E-state index >= 15 is 0 Å². The van der Waals surface area contributed by atoms with E-state index < -0.39 is 0 Å². The summed E-state index contributed by atoms with van der Waals surface area (Å²) in [6.45, 7) is 3.94. The molecule has 1 saturated carbocycles. The molecule has 1 fully saturated rings. The molecule has 1 aromatic carbocycles. The quantitative estimate of drug-likeness (QED) is 0.797. The molecule has 2 atom stereocenters. The van der Waals surface area contributed by atoms with Crippen LogP contribution in [0.1, 0.15) is 38.2 Å². The van der Waals surface area contributed by atoms with Gasteiger partial charge in [-0.15, -0.1) is 0 Å². The van der Waals surface area contributed by atoms with E-state index in [0.29, 0.717) is 12.0 Å². The fraction of sp³-hybridized carbons (Fsp3) is 0.625. The zero-order valence-electron chi connectivity index (χ0n) is 12.1. The smallest absolute Gasteiger partial charge is 0.123 e. The highest BCUT2D eigenvalue weighted by molar-refractivity contribution is 9.10. The Bertz CT molecular complexity index is 425. The van der Waals surface area contributed by atoms with Crippen molar-refractivity contribution in [3.8, 4) is 5.75 Å². The maximum atomic E-state index is 9.38. The molecule has 2 rings (SSSR count). The standard InChI is InChI=1S/C16H24BrNO2/c1-2-8-20-16-7-6-14(17)9-13(16)10-18-15-5-3-4-12(15)11-19/h6-7,9,12,15,18-19H,2-5,8,10-11H2,1H3. The van der Waals surface area contributed by atoms with E-state index in [-0.39, 0.29) is 6.61 Å². The minimum absolute atomic E-state index is 0.287. The summed E-state index contributed by atoms with van der Waals surface area (Å²) in [5.41, 5.74) is 1.18. The van der Waals surface area contributed by atoms with Crippen molar-refractivity contribution in [3.05, 3.63) is 28.2 Å². The van der Waals surface area contributed by atoms with Crippen LogP contribution in [0.4, 0.5) is 0 Å². The Labute approximate surface area is 129 Å². The number of halogens is 1. The molecule has 1 aromatic rings. The molecule has 20 heavy (non-hydrogen) atoms. The summed E-state index contributed by atoms with van der Waals surface area (Å²) < 4.78 is 6.87. The minimum Gasteiger partial charge on any atom is -0.493 e. The zero-order valence-corrected chi connectivity index (χ0v) is 13.7. The highest BCUT2D eigenvalue weighted by Gasteiger charge is 2.26. The third-order valence-electron chi connectivity index (χ3n) is 3.93. The van der Waals surface area contributed by atoms with Gasteiger partial charge in [0.2, 0.25) is 0 Å². The lowest BCUT2D eigenvalue weighted by Crippen LogP contribution is -2.33. The number of benzene rings is 1. The van der Waals surface area contributed by atoms with Crippen LogP contribution in [0.5, 0.6) is 5.75 Å². The fourth-order valence-electron chi connectivity index (χ4n) is 2.80. The second-order valence-electron chi connectivity index (χ2n) is 5.46. The zero-order chi connectivity index (χ0) is 14.4. The van der Waals surface area contributed by atoms with Crippen molar-refractivity contribution >= 4 is 15.9 Å². The Morgan fingerprint density at radius 2 is 2.25 bits per heavy atom. The first-order chi connectivity index (χ1) is 9.74. The second kappa shape index (κ2) is 8.01. The Morgan fingerprint density at radius 3 is 3.00 bits per heavy atom. The molecule has 0 bridgehead atoms. The summed E-state index contributed by atoms with van der Waals surface area (Å²) in [4.78, 5) is 0. The van der Waals surface area contributed by atoms with Crippen LogP contribution in [-0.4, -0.2) is 24.4 Å². The predicted molar refractivity (Wildman–Crippen MR) is 85.0 cm³/mol. The Hall–Kier alpha value is -0.580. The fourth-order valence-corrected chi connectivity index (χ4v) is 3.21. The molecule has 0 aromatic heterocycles. The molecule has 0 spiro atoms. The molecule has 0 amide bonds. The molecule has 2 N–H and O–H groups in total. The number of ether oxygens (including phenoxy) is 1. The van der Waals surface area contributed by atoms with Crippen LogP contribution in [0.15, 0.2) is 22.7 Å². The van der Waals surface area contributed by atoms with E-state index in [1.54, 1.807) is 0 Å². The monoisotopic (exact) mass is 341 g/mol. The Balaban J connectivity index is 1.98. The molecule has 0 heterocycles. The highest BCUT2D eigenvalue weighted by atomic mass is 79.9. The molecular formula is C16H24BrNO2. The predicted octanol–water partition coefficient (Wildman–Crippen LogP) is 3.49. The molecule has 0 aliphatic heterocycles. The largest absolute Gasteiger partial charge is 0.493 e. The normalized spacial score (nSPS) is 22.1. The van der Waals surface area contributed by atoms with Crippen molar-refractivity contribution in [2.24, 2.45) is 5.92 Å². The van der Waals surface area contributed by atoms with Crippen LogP contribution in [-0.2, 0) is 6.54 Å². The second-order valence-corrected chi connectivity index (χ2v) is 6.38. The van der Waals surface area contributed by atoms with Crippen LogP contribution in [0.2, 0.25) is 0 Å². The van der Waals surface area contributed by atoms with Gasteiger partial charge in [0, 0.05) is 29.2 Å². The molecular weight excluding hydrogens is 318 g/mol. The molecule has 3 nitrogen and oxygen atoms in total. The van der Waals surface area contributed by atoms with Gasteiger partial charge in [-0.2, -0.15) is 0 Å². The van der Waals surface area contributed by atoms with Gasteiger partial charge in [-0.05, 0) is 43.4 Å². The van der Waals surface area contributed by atoms with Crippen LogP contribution >= 0.6 is 15.9 Å². The molecule has 0 radical (unpaired) electrons. The lowest BCUT2D eigenvalue weighted by atomic mass is 10.0. The maximum absolute atomic E-state index is 9.38. The molecule has 4 heteroatoms. The summed E-state index contributed by atoms with van der Waals surface area (Å²) >= 11 is 3.52. The summed E-state index contributed by atoms with van der Waals surface area (Å²) in [5.74, 6) is 1.36. The molecule has 1 aliphatic rings. The van der Waals surface area contributed by atoms with Gasteiger partial charge < -0.3 is 15.2 Å². The first kappa shape index (κ1) is 15.8. The minimum atomic E-state index is 0.287. The van der Waals surface area contributed by atoms with Crippen LogP contribution in [0.3, 0.4) is 0 Å². The summed E-state index contributed by atoms with van der Waals surface area (Å²) in [6, 6.07) is 6.58. The average Bonchev–Trinajstić information content (AvgIpc) is 2.91. The van der Waals surface area contributed by atoms with Gasteiger partial charge >= 0.3 is 0 Å². The van der Waals surface area contributed by atoms with Crippen molar-refractivity contribution in [3.63, 3.8) is 0 Å². The van der Waals surface area contributed by atoms with Crippen LogP contribution in [0.25, 0.3) is 0 Å². The van der Waals surface area contributed by atoms with Gasteiger partial charge in [0.05, 0.1) is 6.61 Å². The topological polar surface area (TPSA) is 41.5 Å². The Morgan fingerprint density at radius 1 is 1.40 bits per heavy atom. The maximum Gasteiger partial charge on any atom is 0.123 e. The van der Waals surface area contributed by atoms with Crippen molar-refractivity contribution in [2.45, 2.75) is 45.2 Å². The van der Waals surface area contributed by atoms with Gasteiger partial charge in [0.15, 0.2) is 0 Å². The molecule has 2 unspecified atom stereocenters. The van der Waals surface area contributed by atoms with Gasteiger partial charge in [-0.3, -0.25) is 0 Å². The van der Waals surface area contributed by atoms with Crippen molar-refractivity contribution in [1.29, 1.82) is 0 Å².